The van der Waals surface area contributed by atoms with Crippen molar-refractivity contribution in [2.75, 3.05) is 0 Å². The first-order valence-corrected chi connectivity index (χ1v) is 6.98. The molecule has 106 valence electrons. The van der Waals surface area contributed by atoms with Crippen LogP contribution in [0.3, 0.4) is 0 Å². The van der Waals surface area contributed by atoms with Crippen LogP contribution in [0.2, 0.25) is 0 Å². The van der Waals surface area contributed by atoms with Gasteiger partial charge >= 0.3 is 0 Å². The Labute approximate surface area is 123 Å². The van der Waals surface area contributed by atoms with Gasteiger partial charge in [-0.2, -0.15) is 0 Å². The summed E-state index contributed by atoms with van der Waals surface area (Å²) in [5.41, 5.74) is 3.08. The van der Waals surface area contributed by atoms with Gasteiger partial charge in [-0.3, -0.25) is 9.78 Å². The van der Waals surface area contributed by atoms with Gasteiger partial charge in [0.15, 0.2) is 0 Å². The van der Waals surface area contributed by atoms with Crippen molar-refractivity contribution in [3.8, 4) is 0 Å². The minimum atomic E-state index is -0.0450. The Bertz CT molecular complexity index is 749. The van der Waals surface area contributed by atoms with Crippen LogP contribution in [0.25, 0.3) is 10.9 Å². The Morgan fingerprint density at radius 2 is 2.14 bits per heavy atom. The molecule has 3 rings (SSSR count). The van der Waals surface area contributed by atoms with Crippen LogP contribution in [0, 0.1) is 0 Å². The fourth-order valence-electron chi connectivity index (χ4n) is 2.46. The van der Waals surface area contributed by atoms with Crippen molar-refractivity contribution in [1.29, 1.82) is 0 Å². The van der Waals surface area contributed by atoms with Crippen molar-refractivity contribution in [1.82, 2.24) is 15.3 Å². The number of H-pyrrole nitrogens is 1. The molecule has 0 aliphatic rings. The molecule has 1 aromatic carbocycles. The summed E-state index contributed by atoms with van der Waals surface area (Å²) in [4.78, 5) is 19.5. The standard InChI is InChI=1S/C17H17N3O/c1-12(13-5-4-8-18-10-13)20-17(21)9-14-11-19-16-7-3-2-6-15(14)16/h2-8,10-12,19H,9H2,1H3,(H,20,21). The number of hydrogen-bond acceptors (Lipinski definition) is 2. The Morgan fingerprint density at radius 3 is 2.95 bits per heavy atom. The molecular formula is C17H17N3O. The molecule has 0 spiro atoms. The lowest BCUT2D eigenvalue weighted by atomic mass is 10.1. The Kier molecular flexibility index (Phi) is 3.69. The van der Waals surface area contributed by atoms with E-state index in [0.717, 1.165) is 22.0 Å². The molecule has 2 N–H and O–H groups in total. The summed E-state index contributed by atoms with van der Waals surface area (Å²) in [5, 5.41) is 4.11. The Morgan fingerprint density at radius 1 is 1.29 bits per heavy atom. The van der Waals surface area contributed by atoms with Crippen LogP contribution in [0.1, 0.15) is 24.1 Å². The van der Waals surface area contributed by atoms with Gasteiger partial charge in [0.25, 0.3) is 0 Å². The molecule has 0 radical (unpaired) electrons. The molecule has 0 fully saturated rings. The monoisotopic (exact) mass is 279 g/mol. The van der Waals surface area contributed by atoms with E-state index in [1.807, 2.05) is 49.5 Å². The second kappa shape index (κ2) is 5.79. The fourth-order valence-corrected chi connectivity index (χ4v) is 2.46. The van der Waals surface area contributed by atoms with E-state index < -0.39 is 0 Å². The van der Waals surface area contributed by atoms with E-state index in [0.29, 0.717) is 6.42 Å². The van der Waals surface area contributed by atoms with Crippen molar-refractivity contribution in [2.45, 2.75) is 19.4 Å². The third kappa shape index (κ3) is 2.94. The Hall–Kier alpha value is -2.62. The van der Waals surface area contributed by atoms with Crippen LogP contribution in [0.15, 0.2) is 55.0 Å². The summed E-state index contributed by atoms with van der Waals surface area (Å²) < 4.78 is 0. The van der Waals surface area contributed by atoms with E-state index in [1.54, 1.807) is 12.4 Å². The van der Waals surface area contributed by atoms with E-state index in [-0.39, 0.29) is 11.9 Å². The lowest BCUT2D eigenvalue weighted by molar-refractivity contribution is -0.121. The topological polar surface area (TPSA) is 57.8 Å². The zero-order valence-corrected chi connectivity index (χ0v) is 11.8. The third-order valence-corrected chi connectivity index (χ3v) is 3.59. The Balaban J connectivity index is 1.69. The van der Waals surface area contributed by atoms with Gasteiger partial charge in [-0.1, -0.05) is 24.3 Å². The van der Waals surface area contributed by atoms with Gasteiger partial charge in [-0.15, -0.1) is 0 Å². The number of benzene rings is 1. The lowest BCUT2D eigenvalue weighted by Gasteiger charge is -2.13. The minimum absolute atomic E-state index is 0.0103. The van der Waals surface area contributed by atoms with Gasteiger partial charge in [-0.25, -0.2) is 0 Å². The maximum absolute atomic E-state index is 12.2. The quantitative estimate of drug-likeness (QED) is 0.771. The fraction of sp³-hybridized carbons (Fsp3) is 0.176. The number of rotatable bonds is 4. The molecule has 1 amide bonds. The number of amides is 1. The van der Waals surface area contributed by atoms with Gasteiger partial charge in [0.05, 0.1) is 12.5 Å². The van der Waals surface area contributed by atoms with Gasteiger partial charge in [0.1, 0.15) is 0 Å². The van der Waals surface area contributed by atoms with Gasteiger partial charge < -0.3 is 10.3 Å². The van der Waals surface area contributed by atoms with Gasteiger partial charge in [0.2, 0.25) is 5.91 Å². The highest BCUT2D eigenvalue weighted by molar-refractivity contribution is 5.88. The molecule has 0 saturated heterocycles. The second-order valence-electron chi connectivity index (χ2n) is 5.11. The molecule has 4 heteroatoms. The van der Waals surface area contributed by atoms with E-state index in [4.69, 9.17) is 0 Å². The first kappa shape index (κ1) is 13.4. The number of nitrogens with zero attached hydrogens (tertiary/aromatic N) is 1. The van der Waals surface area contributed by atoms with Gasteiger partial charge in [-0.05, 0) is 30.2 Å². The number of pyridine rings is 1. The first-order valence-electron chi connectivity index (χ1n) is 6.98. The van der Waals surface area contributed by atoms with Crippen LogP contribution < -0.4 is 5.32 Å². The summed E-state index contributed by atoms with van der Waals surface area (Å²) in [6, 6.07) is 11.8. The summed E-state index contributed by atoms with van der Waals surface area (Å²) in [6.07, 6.45) is 5.77. The van der Waals surface area contributed by atoms with Crippen molar-refractivity contribution < 1.29 is 4.79 Å². The number of carbonyl (C=O) groups is 1. The van der Waals surface area contributed by atoms with Crippen LogP contribution in [-0.2, 0) is 11.2 Å². The second-order valence-corrected chi connectivity index (χ2v) is 5.11. The summed E-state index contributed by atoms with van der Waals surface area (Å²) in [5.74, 6) is 0.0103. The summed E-state index contributed by atoms with van der Waals surface area (Å²) in [6.45, 7) is 1.96. The summed E-state index contributed by atoms with van der Waals surface area (Å²) >= 11 is 0. The number of fused-ring (bicyclic) bond motifs is 1. The zero-order valence-electron chi connectivity index (χ0n) is 11.8. The molecule has 0 saturated carbocycles. The van der Waals surface area contributed by atoms with Crippen molar-refractivity contribution in [3.63, 3.8) is 0 Å². The molecule has 2 aromatic heterocycles. The van der Waals surface area contributed by atoms with Crippen molar-refractivity contribution in [2.24, 2.45) is 0 Å². The van der Waals surface area contributed by atoms with E-state index >= 15 is 0 Å². The van der Waals surface area contributed by atoms with Crippen molar-refractivity contribution in [3.05, 3.63) is 66.1 Å². The SMILES string of the molecule is CC(NC(=O)Cc1c[nH]c2ccccc12)c1cccnc1. The molecule has 1 unspecified atom stereocenters. The summed E-state index contributed by atoms with van der Waals surface area (Å²) in [7, 11) is 0. The molecule has 0 bridgehead atoms. The first-order chi connectivity index (χ1) is 10.2. The largest absolute Gasteiger partial charge is 0.361 e. The smallest absolute Gasteiger partial charge is 0.224 e. The zero-order chi connectivity index (χ0) is 14.7. The van der Waals surface area contributed by atoms with Crippen LogP contribution in [-0.4, -0.2) is 15.9 Å². The maximum Gasteiger partial charge on any atom is 0.224 e. The molecular weight excluding hydrogens is 262 g/mol. The highest BCUT2D eigenvalue weighted by Crippen LogP contribution is 2.18. The molecule has 1 atom stereocenters. The van der Waals surface area contributed by atoms with E-state index in [2.05, 4.69) is 15.3 Å². The molecule has 2 heterocycles. The highest BCUT2D eigenvalue weighted by atomic mass is 16.1. The van der Waals surface area contributed by atoms with E-state index in [9.17, 15) is 4.79 Å². The van der Waals surface area contributed by atoms with E-state index in [1.165, 1.54) is 0 Å². The molecule has 0 aliphatic carbocycles. The highest BCUT2D eigenvalue weighted by Gasteiger charge is 2.12. The van der Waals surface area contributed by atoms with Crippen molar-refractivity contribution >= 4 is 16.8 Å². The molecule has 0 aliphatic heterocycles. The number of aromatic amines is 1. The number of nitrogens with one attached hydrogen (secondary N) is 2. The van der Waals surface area contributed by atoms with Gasteiger partial charge in [0, 0.05) is 29.5 Å². The number of aromatic nitrogens is 2. The van der Waals surface area contributed by atoms with Crippen LogP contribution >= 0.6 is 0 Å². The van der Waals surface area contributed by atoms with Crippen LogP contribution in [0.4, 0.5) is 0 Å². The predicted molar refractivity (Wildman–Crippen MR) is 82.8 cm³/mol. The molecule has 4 nitrogen and oxygen atoms in total. The lowest BCUT2D eigenvalue weighted by Crippen LogP contribution is -2.28. The molecule has 21 heavy (non-hydrogen) atoms. The maximum atomic E-state index is 12.2. The average Bonchev–Trinajstić information content (AvgIpc) is 2.91. The van der Waals surface area contributed by atoms with Crippen LogP contribution in [0.5, 0.6) is 0 Å². The normalized spacial score (nSPS) is 12.2. The minimum Gasteiger partial charge on any atom is -0.361 e. The molecule has 3 aromatic rings. The number of carbonyl (C=O) groups excluding carboxylic acids is 1. The number of para-hydroxylation sites is 1. The number of hydrogen-bond donors (Lipinski definition) is 2. The predicted octanol–water partition coefficient (Wildman–Crippen LogP) is 2.98. The third-order valence-electron chi connectivity index (χ3n) is 3.59. The average molecular weight is 279 g/mol.